The highest BCUT2D eigenvalue weighted by molar-refractivity contribution is 5.78. The average molecular weight is 250 g/mol. The number of carbonyl (C=O) groups excluding carboxylic acids is 1. The molecule has 1 atom stereocenters. The van der Waals surface area contributed by atoms with E-state index in [1.165, 1.54) is 5.56 Å². The largest absolute Gasteiger partial charge is 0.494 e. The van der Waals surface area contributed by atoms with Gasteiger partial charge in [-0.3, -0.25) is 4.79 Å². The molecule has 3 N–H and O–H groups in total. The maximum absolute atomic E-state index is 11.5. The zero-order valence-corrected chi connectivity index (χ0v) is 11.1. The lowest BCUT2D eigenvalue weighted by atomic mass is 10.1. The Bertz CT molecular complexity index is 363. The van der Waals surface area contributed by atoms with Crippen molar-refractivity contribution in [3.8, 4) is 5.75 Å². The van der Waals surface area contributed by atoms with Crippen molar-refractivity contribution in [2.75, 3.05) is 19.7 Å². The molecule has 0 aromatic heterocycles. The Hall–Kier alpha value is -1.55. The summed E-state index contributed by atoms with van der Waals surface area (Å²) in [5.41, 5.74) is 6.61. The number of amides is 1. The van der Waals surface area contributed by atoms with Crippen LogP contribution in [0.3, 0.4) is 0 Å². The van der Waals surface area contributed by atoms with Gasteiger partial charge in [-0.05, 0) is 31.0 Å². The first-order chi connectivity index (χ1) is 8.67. The summed E-state index contributed by atoms with van der Waals surface area (Å²) in [5.74, 6) is 0.774. The third-order valence-electron chi connectivity index (χ3n) is 2.75. The highest BCUT2D eigenvalue weighted by atomic mass is 16.5. The van der Waals surface area contributed by atoms with Gasteiger partial charge in [0.15, 0.2) is 0 Å². The average Bonchev–Trinajstić information content (AvgIpc) is 2.40. The van der Waals surface area contributed by atoms with Crippen molar-refractivity contribution >= 4 is 5.91 Å². The number of hydrogen-bond donors (Lipinski definition) is 2. The number of rotatable bonds is 7. The monoisotopic (exact) mass is 250 g/mol. The number of benzene rings is 1. The molecule has 0 saturated carbocycles. The van der Waals surface area contributed by atoms with Crippen LogP contribution in [0.2, 0.25) is 0 Å². The van der Waals surface area contributed by atoms with Crippen molar-refractivity contribution in [1.29, 1.82) is 0 Å². The van der Waals surface area contributed by atoms with E-state index in [0.29, 0.717) is 19.7 Å². The van der Waals surface area contributed by atoms with Crippen LogP contribution in [0.4, 0.5) is 0 Å². The Labute approximate surface area is 109 Å². The minimum Gasteiger partial charge on any atom is -0.494 e. The number of hydrogen-bond acceptors (Lipinski definition) is 3. The van der Waals surface area contributed by atoms with Gasteiger partial charge in [0.05, 0.1) is 6.61 Å². The molecule has 0 spiro atoms. The highest BCUT2D eigenvalue weighted by Gasteiger charge is 2.09. The third kappa shape index (κ3) is 4.75. The molecule has 0 heterocycles. The van der Waals surface area contributed by atoms with E-state index < -0.39 is 0 Å². The fourth-order valence-corrected chi connectivity index (χ4v) is 1.53. The van der Waals surface area contributed by atoms with Gasteiger partial charge in [-0.2, -0.15) is 0 Å². The molecule has 1 amide bonds. The van der Waals surface area contributed by atoms with Crippen LogP contribution in [0.15, 0.2) is 24.3 Å². The molecule has 1 aromatic rings. The fraction of sp³-hybridized carbons (Fsp3) is 0.500. The van der Waals surface area contributed by atoms with Gasteiger partial charge < -0.3 is 15.8 Å². The summed E-state index contributed by atoms with van der Waals surface area (Å²) in [6, 6.07) is 7.93. The van der Waals surface area contributed by atoms with E-state index in [0.717, 1.165) is 12.2 Å². The summed E-state index contributed by atoms with van der Waals surface area (Å²) in [6.07, 6.45) is 0.815. The molecule has 18 heavy (non-hydrogen) atoms. The van der Waals surface area contributed by atoms with Gasteiger partial charge in [-0.25, -0.2) is 0 Å². The number of carbonyl (C=O) groups is 1. The lowest BCUT2D eigenvalue weighted by molar-refractivity contribution is -0.124. The maximum Gasteiger partial charge on any atom is 0.224 e. The summed E-state index contributed by atoms with van der Waals surface area (Å²) >= 11 is 0. The summed E-state index contributed by atoms with van der Waals surface area (Å²) in [6.45, 7) is 5.48. The van der Waals surface area contributed by atoms with Gasteiger partial charge in [-0.15, -0.1) is 0 Å². The van der Waals surface area contributed by atoms with Crippen molar-refractivity contribution in [3.63, 3.8) is 0 Å². The van der Waals surface area contributed by atoms with E-state index in [9.17, 15) is 4.79 Å². The zero-order chi connectivity index (χ0) is 13.4. The highest BCUT2D eigenvalue weighted by Crippen LogP contribution is 2.12. The van der Waals surface area contributed by atoms with E-state index in [-0.39, 0.29) is 11.8 Å². The molecule has 0 aliphatic carbocycles. The Morgan fingerprint density at radius 2 is 2.06 bits per heavy atom. The van der Waals surface area contributed by atoms with Crippen LogP contribution in [-0.4, -0.2) is 25.6 Å². The first-order valence-corrected chi connectivity index (χ1v) is 6.37. The first-order valence-electron chi connectivity index (χ1n) is 6.37. The SMILES string of the molecule is CCOc1ccc(CCNC(=O)C(C)CN)cc1. The van der Waals surface area contributed by atoms with E-state index in [1.54, 1.807) is 0 Å². The van der Waals surface area contributed by atoms with Crippen LogP contribution in [0.5, 0.6) is 5.75 Å². The minimum absolute atomic E-state index is 0.0171. The maximum atomic E-state index is 11.5. The second kappa shape index (κ2) is 7.71. The Morgan fingerprint density at radius 3 is 2.61 bits per heavy atom. The number of nitrogens with two attached hydrogens (primary N) is 1. The Kier molecular flexibility index (Phi) is 6.22. The molecular weight excluding hydrogens is 228 g/mol. The topological polar surface area (TPSA) is 64.3 Å². The van der Waals surface area contributed by atoms with Gasteiger partial charge in [0, 0.05) is 19.0 Å². The van der Waals surface area contributed by atoms with E-state index in [1.807, 2.05) is 38.1 Å². The fourth-order valence-electron chi connectivity index (χ4n) is 1.53. The Morgan fingerprint density at radius 1 is 1.39 bits per heavy atom. The predicted octanol–water partition coefficient (Wildman–Crippen LogP) is 1.34. The summed E-state index contributed by atoms with van der Waals surface area (Å²) < 4.78 is 5.37. The molecule has 4 nitrogen and oxygen atoms in total. The normalized spacial score (nSPS) is 11.9. The van der Waals surface area contributed by atoms with Crippen molar-refractivity contribution in [3.05, 3.63) is 29.8 Å². The van der Waals surface area contributed by atoms with Crippen LogP contribution in [0.1, 0.15) is 19.4 Å². The Balaban J connectivity index is 2.33. The molecule has 1 aromatic carbocycles. The molecule has 1 rings (SSSR count). The lowest BCUT2D eigenvalue weighted by Crippen LogP contribution is -2.34. The van der Waals surface area contributed by atoms with Crippen molar-refractivity contribution in [1.82, 2.24) is 5.32 Å². The molecule has 0 aliphatic rings. The molecule has 0 fully saturated rings. The summed E-state index contributed by atoms with van der Waals surface area (Å²) in [5, 5.41) is 2.87. The van der Waals surface area contributed by atoms with Gasteiger partial charge in [0.1, 0.15) is 5.75 Å². The second-order valence-corrected chi connectivity index (χ2v) is 4.25. The van der Waals surface area contributed by atoms with E-state index in [4.69, 9.17) is 10.5 Å². The quantitative estimate of drug-likeness (QED) is 0.767. The number of ether oxygens (including phenoxy) is 1. The molecule has 0 saturated heterocycles. The molecule has 0 radical (unpaired) electrons. The van der Waals surface area contributed by atoms with Crippen LogP contribution in [-0.2, 0) is 11.2 Å². The van der Waals surface area contributed by atoms with Crippen LogP contribution < -0.4 is 15.8 Å². The standard InChI is InChI=1S/C14H22N2O2/c1-3-18-13-6-4-12(5-7-13)8-9-16-14(17)11(2)10-15/h4-7,11H,3,8-10,15H2,1-2H3,(H,16,17). The summed E-state index contributed by atoms with van der Waals surface area (Å²) in [4.78, 5) is 11.5. The van der Waals surface area contributed by atoms with E-state index >= 15 is 0 Å². The molecular formula is C14H22N2O2. The number of nitrogens with one attached hydrogen (secondary N) is 1. The van der Waals surface area contributed by atoms with Gasteiger partial charge in [0.25, 0.3) is 0 Å². The minimum atomic E-state index is -0.120. The molecule has 1 unspecified atom stereocenters. The van der Waals surface area contributed by atoms with Crippen LogP contribution >= 0.6 is 0 Å². The molecule has 4 heteroatoms. The molecule has 0 bridgehead atoms. The van der Waals surface area contributed by atoms with Crippen molar-refractivity contribution < 1.29 is 9.53 Å². The summed E-state index contributed by atoms with van der Waals surface area (Å²) in [7, 11) is 0. The van der Waals surface area contributed by atoms with E-state index in [2.05, 4.69) is 5.32 Å². The first kappa shape index (κ1) is 14.5. The predicted molar refractivity (Wildman–Crippen MR) is 72.5 cm³/mol. The second-order valence-electron chi connectivity index (χ2n) is 4.25. The third-order valence-corrected chi connectivity index (χ3v) is 2.75. The van der Waals surface area contributed by atoms with Gasteiger partial charge in [0.2, 0.25) is 5.91 Å². The molecule has 0 aliphatic heterocycles. The smallest absolute Gasteiger partial charge is 0.224 e. The van der Waals surface area contributed by atoms with Gasteiger partial charge in [-0.1, -0.05) is 19.1 Å². The van der Waals surface area contributed by atoms with Crippen LogP contribution in [0, 0.1) is 5.92 Å². The zero-order valence-electron chi connectivity index (χ0n) is 11.1. The molecule has 100 valence electrons. The lowest BCUT2D eigenvalue weighted by Gasteiger charge is -2.10. The van der Waals surface area contributed by atoms with Crippen LogP contribution in [0.25, 0.3) is 0 Å². The van der Waals surface area contributed by atoms with Gasteiger partial charge >= 0.3 is 0 Å². The van der Waals surface area contributed by atoms with Crippen molar-refractivity contribution in [2.45, 2.75) is 20.3 Å². The van der Waals surface area contributed by atoms with Crippen molar-refractivity contribution in [2.24, 2.45) is 11.7 Å².